The summed E-state index contributed by atoms with van der Waals surface area (Å²) in [4.78, 5) is 15.2. The number of methoxy groups -OCH3 is 1. The van der Waals surface area contributed by atoms with Crippen molar-refractivity contribution in [2.45, 2.75) is 13.8 Å². The van der Waals surface area contributed by atoms with Crippen molar-refractivity contribution in [3.05, 3.63) is 41.2 Å². The first-order chi connectivity index (χ1) is 8.20. The molecule has 3 nitrogen and oxygen atoms in total. The third kappa shape index (κ3) is 3.17. The number of rotatable bonds is 1. The molecule has 0 amide bonds. The molecule has 0 N–H and O–H groups in total. The van der Waals surface area contributed by atoms with Crippen molar-refractivity contribution in [3.63, 3.8) is 0 Å². The van der Waals surface area contributed by atoms with Crippen LogP contribution in [0.3, 0.4) is 0 Å². The molecule has 17 heavy (non-hydrogen) atoms. The highest BCUT2D eigenvalue weighted by Crippen LogP contribution is 2.18. The number of carbonyl (C=O) groups excluding carboxylic acids is 1. The van der Waals surface area contributed by atoms with Crippen molar-refractivity contribution in [2.24, 2.45) is 0 Å². The lowest BCUT2D eigenvalue weighted by Gasteiger charge is -2.01. The maximum Gasteiger partial charge on any atom is 0.337 e. The number of pyridine rings is 1. The molecule has 4 heteroatoms. The van der Waals surface area contributed by atoms with Crippen molar-refractivity contribution in [3.8, 4) is 0 Å². The first-order valence-corrected chi connectivity index (χ1v) is 5.72. The Kier molecular flexibility index (Phi) is 4.91. The van der Waals surface area contributed by atoms with E-state index in [1.165, 1.54) is 7.11 Å². The molecule has 0 atom stereocenters. The van der Waals surface area contributed by atoms with E-state index in [1.54, 1.807) is 24.4 Å². The summed E-state index contributed by atoms with van der Waals surface area (Å²) >= 11 is 5.75. The normalized spacial score (nSPS) is 9.41. The molecule has 0 radical (unpaired) electrons. The van der Waals surface area contributed by atoms with Gasteiger partial charge in [-0.15, -0.1) is 0 Å². The minimum absolute atomic E-state index is 0.355. The van der Waals surface area contributed by atoms with Gasteiger partial charge in [-0.3, -0.25) is 0 Å². The molecule has 2 aromatic rings. The molecule has 1 aromatic heterocycles. The number of hydrogen-bond acceptors (Lipinski definition) is 3. The molecule has 0 aliphatic heterocycles. The fourth-order valence-electron chi connectivity index (χ4n) is 1.36. The summed E-state index contributed by atoms with van der Waals surface area (Å²) in [7, 11) is 1.35. The largest absolute Gasteiger partial charge is 0.465 e. The highest BCUT2D eigenvalue weighted by atomic mass is 35.5. The van der Waals surface area contributed by atoms with Gasteiger partial charge in [0.2, 0.25) is 0 Å². The van der Waals surface area contributed by atoms with Gasteiger partial charge in [-0.05, 0) is 23.6 Å². The molecule has 1 heterocycles. The first kappa shape index (κ1) is 13.5. The lowest BCUT2D eigenvalue weighted by molar-refractivity contribution is 0.0601. The van der Waals surface area contributed by atoms with Gasteiger partial charge in [0.25, 0.3) is 0 Å². The standard InChI is InChI=1S/C11H8ClNO2.C2H6/c1-15-11(14)8-3-2-7-5-10(12)13-6-9(7)4-8;1-2/h2-6H,1H3;1-2H3. The molecule has 0 bridgehead atoms. The Bertz CT molecular complexity index is 526. The van der Waals surface area contributed by atoms with Crippen LogP contribution in [0.25, 0.3) is 10.8 Å². The van der Waals surface area contributed by atoms with Crippen LogP contribution in [0.2, 0.25) is 5.15 Å². The molecule has 0 unspecified atom stereocenters. The van der Waals surface area contributed by atoms with Gasteiger partial charge >= 0.3 is 5.97 Å². The third-order valence-corrected chi connectivity index (χ3v) is 2.32. The molecule has 0 aliphatic carbocycles. The summed E-state index contributed by atoms with van der Waals surface area (Å²) in [5.74, 6) is -0.355. The maximum atomic E-state index is 11.3. The smallest absolute Gasteiger partial charge is 0.337 e. The van der Waals surface area contributed by atoms with Gasteiger partial charge in [0.05, 0.1) is 12.7 Å². The van der Waals surface area contributed by atoms with Crippen LogP contribution in [-0.4, -0.2) is 18.1 Å². The van der Waals surface area contributed by atoms with Crippen LogP contribution >= 0.6 is 11.6 Å². The zero-order valence-electron chi connectivity index (χ0n) is 10.0. The van der Waals surface area contributed by atoms with Gasteiger partial charge in [-0.25, -0.2) is 9.78 Å². The second-order valence-corrected chi connectivity index (χ2v) is 3.45. The topological polar surface area (TPSA) is 39.2 Å². The molecule has 0 aliphatic rings. The van der Waals surface area contributed by atoms with Crippen molar-refractivity contribution in [2.75, 3.05) is 7.11 Å². The van der Waals surface area contributed by atoms with Crippen molar-refractivity contribution in [1.29, 1.82) is 0 Å². The van der Waals surface area contributed by atoms with E-state index in [9.17, 15) is 4.79 Å². The predicted octanol–water partition coefficient (Wildman–Crippen LogP) is 3.70. The predicted molar refractivity (Wildman–Crippen MR) is 69.4 cm³/mol. The lowest BCUT2D eigenvalue weighted by atomic mass is 10.1. The molecule has 1 aromatic carbocycles. The molecule has 0 spiro atoms. The number of fused-ring (bicyclic) bond motifs is 1. The molecular formula is C13H14ClNO2. The minimum Gasteiger partial charge on any atom is -0.465 e. The fraction of sp³-hybridized carbons (Fsp3) is 0.231. The monoisotopic (exact) mass is 251 g/mol. The van der Waals surface area contributed by atoms with Crippen molar-refractivity contribution >= 4 is 28.3 Å². The van der Waals surface area contributed by atoms with E-state index in [0.29, 0.717) is 10.7 Å². The van der Waals surface area contributed by atoms with E-state index in [1.807, 2.05) is 19.9 Å². The summed E-state index contributed by atoms with van der Waals surface area (Å²) in [5, 5.41) is 2.25. The Balaban J connectivity index is 0.000000686. The van der Waals surface area contributed by atoms with Crippen molar-refractivity contribution < 1.29 is 9.53 Å². The Morgan fingerprint density at radius 3 is 2.59 bits per heavy atom. The quantitative estimate of drug-likeness (QED) is 0.573. The van der Waals surface area contributed by atoms with Gasteiger partial charge in [0.15, 0.2) is 0 Å². The number of halogens is 1. The summed E-state index contributed by atoms with van der Waals surface area (Å²) < 4.78 is 4.62. The first-order valence-electron chi connectivity index (χ1n) is 5.34. The third-order valence-electron chi connectivity index (χ3n) is 2.11. The number of benzene rings is 1. The van der Waals surface area contributed by atoms with Gasteiger partial charge in [-0.1, -0.05) is 31.5 Å². The van der Waals surface area contributed by atoms with Crippen LogP contribution in [-0.2, 0) is 4.74 Å². The zero-order chi connectivity index (χ0) is 12.8. The number of aromatic nitrogens is 1. The van der Waals surface area contributed by atoms with E-state index in [4.69, 9.17) is 11.6 Å². The molecule has 0 fully saturated rings. The zero-order valence-corrected chi connectivity index (χ0v) is 10.8. The number of carbonyl (C=O) groups is 1. The highest BCUT2D eigenvalue weighted by Gasteiger charge is 2.05. The number of ether oxygens (including phenoxy) is 1. The van der Waals surface area contributed by atoms with Crippen molar-refractivity contribution in [1.82, 2.24) is 4.98 Å². The van der Waals surface area contributed by atoms with E-state index in [-0.39, 0.29) is 5.97 Å². The maximum absolute atomic E-state index is 11.3. The second-order valence-electron chi connectivity index (χ2n) is 3.06. The van der Waals surface area contributed by atoms with Crippen LogP contribution in [0.5, 0.6) is 0 Å². The molecule has 0 saturated heterocycles. The highest BCUT2D eigenvalue weighted by molar-refractivity contribution is 6.30. The summed E-state index contributed by atoms with van der Waals surface area (Å²) in [6.45, 7) is 4.00. The van der Waals surface area contributed by atoms with E-state index < -0.39 is 0 Å². The minimum atomic E-state index is -0.355. The fourth-order valence-corrected chi connectivity index (χ4v) is 1.53. The number of hydrogen-bond donors (Lipinski definition) is 0. The number of nitrogens with zero attached hydrogens (tertiary/aromatic N) is 1. The summed E-state index contributed by atoms with van der Waals surface area (Å²) in [5.41, 5.74) is 0.508. The molecule has 90 valence electrons. The van der Waals surface area contributed by atoms with E-state index in [2.05, 4.69) is 9.72 Å². The number of esters is 1. The summed E-state index contributed by atoms with van der Waals surface area (Å²) in [6.07, 6.45) is 1.63. The second kappa shape index (κ2) is 6.21. The Morgan fingerprint density at radius 2 is 1.94 bits per heavy atom. The molecule has 2 rings (SSSR count). The van der Waals surface area contributed by atoms with Crippen LogP contribution in [0.4, 0.5) is 0 Å². The van der Waals surface area contributed by atoms with Crippen LogP contribution in [0.1, 0.15) is 24.2 Å². The van der Waals surface area contributed by atoms with Crippen LogP contribution in [0.15, 0.2) is 30.5 Å². The average Bonchev–Trinajstić information content (AvgIpc) is 2.39. The van der Waals surface area contributed by atoms with E-state index in [0.717, 1.165) is 10.8 Å². The van der Waals surface area contributed by atoms with Crippen LogP contribution < -0.4 is 0 Å². The van der Waals surface area contributed by atoms with Gasteiger partial charge in [0, 0.05) is 11.6 Å². The van der Waals surface area contributed by atoms with E-state index >= 15 is 0 Å². The van der Waals surface area contributed by atoms with Crippen LogP contribution in [0, 0.1) is 0 Å². The van der Waals surface area contributed by atoms with Gasteiger partial charge in [0.1, 0.15) is 5.15 Å². The average molecular weight is 252 g/mol. The molecule has 0 saturated carbocycles. The van der Waals surface area contributed by atoms with Gasteiger partial charge in [-0.2, -0.15) is 0 Å². The Morgan fingerprint density at radius 1 is 1.24 bits per heavy atom. The lowest BCUT2D eigenvalue weighted by Crippen LogP contribution is -2.00. The Labute approximate surface area is 105 Å². The Hall–Kier alpha value is -1.61. The summed E-state index contributed by atoms with van der Waals surface area (Å²) in [6, 6.07) is 6.99. The molecular weight excluding hydrogens is 238 g/mol. The van der Waals surface area contributed by atoms with Gasteiger partial charge < -0.3 is 4.74 Å². The SMILES string of the molecule is CC.COC(=O)c1ccc2cc(Cl)ncc2c1.